The van der Waals surface area contributed by atoms with Crippen molar-refractivity contribution in [3.05, 3.63) is 87.9 Å². The molecule has 4 nitrogen and oxygen atoms in total. The molecule has 0 aliphatic carbocycles. The van der Waals surface area contributed by atoms with Crippen molar-refractivity contribution in [3.8, 4) is 11.5 Å². The normalized spacial score (nSPS) is 15.8. The molecule has 0 saturated heterocycles. The maximum absolute atomic E-state index is 6.30. The molecular weight excluding hydrogens is 419 g/mol. The molecule has 1 atom stereocenters. The molecule has 1 aliphatic heterocycles. The number of hydrazone groups is 1. The van der Waals surface area contributed by atoms with Gasteiger partial charge in [0.05, 0.1) is 41.2 Å². The summed E-state index contributed by atoms with van der Waals surface area (Å²) in [5.41, 5.74) is 4.08. The molecule has 1 aliphatic rings. The number of hydrogen-bond acceptors (Lipinski definition) is 4. The summed E-state index contributed by atoms with van der Waals surface area (Å²) in [5, 5.41) is 7.97. The first-order valence-corrected chi connectivity index (χ1v) is 10.5. The van der Waals surface area contributed by atoms with Crippen molar-refractivity contribution in [2.24, 2.45) is 5.10 Å². The lowest BCUT2D eigenvalue weighted by molar-refractivity contribution is 0.310. The topological polar surface area (TPSA) is 34.1 Å². The van der Waals surface area contributed by atoms with E-state index in [9.17, 15) is 0 Å². The Bertz CT molecular complexity index is 1070. The average molecular weight is 441 g/mol. The van der Waals surface area contributed by atoms with E-state index >= 15 is 0 Å². The van der Waals surface area contributed by atoms with Crippen molar-refractivity contribution in [1.29, 1.82) is 0 Å². The van der Waals surface area contributed by atoms with Crippen LogP contribution in [-0.4, -0.2) is 19.4 Å². The molecule has 1 unspecified atom stereocenters. The summed E-state index contributed by atoms with van der Waals surface area (Å²) < 4.78 is 11.2. The SMILES string of the molecule is CCOc1ccc(C2CC(c3ccccc3)=NN2c2ccc(Cl)c(Cl)c2)cc1OC. The molecule has 0 aromatic heterocycles. The Morgan fingerprint density at radius 2 is 1.77 bits per heavy atom. The zero-order valence-corrected chi connectivity index (χ0v) is 18.3. The van der Waals surface area contributed by atoms with Crippen LogP contribution in [0.1, 0.15) is 30.5 Å². The second-order valence-electron chi connectivity index (χ2n) is 6.92. The Balaban J connectivity index is 1.76. The van der Waals surface area contributed by atoms with Gasteiger partial charge in [-0.25, -0.2) is 0 Å². The van der Waals surface area contributed by atoms with Crippen LogP contribution in [0.2, 0.25) is 10.0 Å². The summed E-state index contributed by atoms with van der Waals surface area (Å²) >= 11 is 12.4. The fourth-order valence-corrected chi connectivity index (χ4v) is 3.90. The summed E-state index contributed by atoms with van der Waals surface area (Å²) in [4.78, 5) is 0. The third-order valence-electron chi connectivity index (χ3n) is 5.06. The van der Waals surface area contributed by atoms with Crippen LogP contribution in [-0.2, 0) is 0 Å². The molecule has 154 valence electrons. The highest BCUT2D eigenvalue weighted by Crippen LogP contribution is 2.41. The van der Waals surface area contributed by atoms with Gasteiger partial charge in [0.1, 0.15) is 0 Å². The summed E-state index contributed by atoms with van der Waals surface area (Å²) in [6.07, 6.45) is 0.751. The number of benzene rings is 3. The van der Waals surface area contributed by atoms with Gasteiger partial charge in [0.15, 0.2) is 11.5 Å². The van der Waals surface area contributed by atoms with Crippen LogP contribution in [0.5, 0.6) is 11.5 Å². The zero-order chi connectivity index (χ0) is 21.1. The van der Waals surface area contributed by atoms with Crippen LogP contribution in [0.25, 0.3) is 0 Å². The highest BCUT2D eigenvalue weighted by molar-refractivity contribution is 6.42. The van der Waals surface area contributed by atoms with Gasteiger partial charge >= 0.3 is 0 Å². The number of methoxy groups -OCH3 is 1. The van der Waals surface area contributed by atoms with E-state index in [4.69, 9.17) is 37.8 Å². The fourth-order valence-electron chi connectivity index (χ4n) is 3.61. The van der Waals surface area contributed by atoms with E-state index in [-0.39, 0.29) is 6.04 Å². The summed E-state index contributed by atoms with van der Waals surface area (Å²) in [6.45, 7) is 2.53. The predicted octanol–water partition coefficient (Wildman–Crippen LogP) is 6.76. The van der Waals surface area contributed by atoms with Gasteiger partial charge in [-0.1, -0.05) is 59.6 Å². The molecule has 0 bridgehead atoms. The Hall–Kier alpha value is -2.69. The first-order valence-electron chi connectivity index (χ1n) is 9.78. The molecule has 0 radical (unpaired) electrons. The van der Waals surface area contributed by atoms with Gasteiger partial charge in [-0.2, -0.15) is 5.10 Å². The van der Waals surface area contributed by atoms with Gasteiger partial charge in [0, 0.05) is 6.42 Å². The summed E-state index contributed by atoms with van der Waals surface area (Å²) in [7, 11) is 1.65. The second-order valence-corrected chi connectivity index (χ2v) is 7.73. The van der Waals surface area contributed by atoms with Crippen molar-refractivity contribution >= 4 is 34.6 Å². The average Bonchev–Trinajstić information content (AvgIpc) is 3.22. The number of hydrogen-bond donors (Lipinski definition) is 0. The minimum Gasteiger partial charge on any atom is -0.493 e. The Kier molecular flexibility index (Phi) is 6.16. The molecule has 4 rings (SSSR count). The molecule has 0 spiro atoms. The standard InChI is InChI=1S/C24H22Cl2N2O2/c1-3-30-23-12-9-17(13-24(23)29-2)22-15-21(16-7-5-4-6-8-16)27-28(22)18-10-11-19(25)20(26)14-18/h4-14,22H,3,15H2,1-2H3. The zero-order valence-electron chi connectivity index (χ0n) is 16.8. The third-order valence-corrected chi connectivity index (χ3v) is 5.80. The van der Waals surface area contributed by atoms with Crippen molar-refractivity contribution in [3.63, 3.8) is 0 Å². The monoisotopic (exact) mass is 440 g/mol. The molecule has 0 fully saturated rings. The lowest BCUT2D eigenvalue weighted by Gasteiger charge is -2.25. The first kappa shape index (κ1) is 20.6. The number of rotatable bonds is 6. The minimum absolute atomic E-state index is 0.0120. The molecule has 30 heavy (non-hydrogen) atoms. The van der Waals surface area contributed by atoms with Crippen LogP contribution in [0, 0.1) is 0 Å². The third kappa shape index (κ3) is 4.11. The molecule has 3 aromatic rings. The van der Waals surface area contributed by atoms with Gasteiger partial charge in [-0.3, -0.25) is 5.01 Å². The van der Waals surface area contributed by atoms with Crippen LogP contribution in [0.15, 0.2) is 71.8 Å². The van der Waals surface area contributed by atoms with Crippen molar-refractivity contribution in [2.45, 2.75) is 19.4 Å². The van der Waals surface area contributed by atoms with E-state index in [1.54, 1.807) is 13.2 Å². The van der Waals surface area contributed by atoms with E-state index in [2.05, 4.69) is 18.2 Å². The molecule has 3 aromatic carbocycles. The number of halogens is 2. The van der Waals surface area contributed by atoms with Crippen LogP contribution in [0.4, 0.5) is 5.69 Å². The van der Waals surface area contributed by atoms with Crippen LogP contribution >= 0.6 is 23.2 Å². The molecule has 0 saturated carbocycles. The number of ether oxygens (including phenoxy) is 2. The Labute approximate surface area is 186 Å². The van der Waals surface area contributed by atoms with Crippen LogP contribution in [0.3, 0.4) is 0 Å². The van der Waals surface area contributed by atoms with E-state index < -0.39 is 0 Å². The van der Waals surface area contributed by atoms with E-state index in [1.165, 1.54) is 0 Å². The van der Waals surface area contributed by atoms with Crippen LogP contribution < -0.4 is 14.5 Å². The maximum atomic E-state index is 6.30. The lowest BCUT2D eigenvalue weighted by atomic mass is 9.98. The number of anilines is 1. The quantitative estimate of drug-likeness (QED) is 0.424. The maximum Gasteiger partial charge on any atom is 0.161 e. The Morgan fingerprint density at radius 3 is 2.47 bits per heavy atom. The lowest BCUT2D eigenvalue weighted by Crippen LogP contribution is -2.18. The Morgan fingerprint density at radius 1 is 0.967 bits per heavy atom. The van der Waals surface area contributed by atoms with Gasteiger partial charge in [-0.15, -0.1) is 0 Å². The highest BCUT2D eigenvalue weighted by atomic mass is 35.5. The summed E-state index contributed by atoms with van der Waals surface area (Å²) in [6, 6.07) is 21.8. The number of nitrogens with zero attached hydrogens (tertiary/aromatic N) is 2. The molecule has 0 N–H and O–H groups in total. The molecule has 1 heterocycles. The largest absolute Gasteiger partial charge is 0.493 e. The smallest absolute Gasteiger partial charge is 0.161 e. The van der Waals surface area contributed by atoms with Crippen molar-refractivity contribution in [1.82, 2.24) is 0 Å². The van der Waals surface area contributed by atoms with Crippen molar-refractivity contribution in [2.75, 3.05) is 18.7 Å². The fraction of sp³-hybridized carbons (Fsp3) is 0.208. The second kappa shape index (κ2) is 8.99. The van der Waals surface area contributed by atoms with Gasteiger partial charge in [0.25, 0.3) is 0 Å². The highest BCUT2D eigenvalue weighted by Gasteiger charge is 2.31. The minimum atomic E-state index is -0.0120. The predicted molar refractivity (Wildman–Crippen MR) is 123 cm³/mol. The van der Waals surface area contributed by atoms with Gasteiger partial charge < -0.3 is 9.47 Å². The molecule has 6 heteroatoms. The van der Waals surface area contributed by atoms with E-state index in [0.29, 0.717) is 22.4 Å². The van der Waals surface area contributed by atoms with E-state index in [1.807, 2.05) is 54.4 Å². The first-order chi connectivity index (χ1) is 14.6. The van der Waals surface area contributed by atoms with E-state index in [0.717, 1.165) is 34.7 Å². The van der Waals surface area contributed by atoms with Gasteiger partial charge in [0.2, 0.25) is 0 Å². The van der Waals surface area contributed by atoms with Crippen molar-refractivity contribution < 1.29 is 9.47 Å². The molecule has 0 amide bonds. The van der Waals surface area contributed by atoms with Gasteiger partial charge in [-0.05, 0) is 48.4 Å². The summed E-state index contributed by atoms with van der Waals surface area (Å²) in [5.74, 6) is 1.43. The molecular formula is C24H22Cl2N2O2.